The van der Waals surface area contributed by atoms with Gasteiger partial charge in [0.05, 0.1) is 20.3 Å². The summed E-state index contributed by atoms with van der Waals surface area (Å²) in [5.74, 6) is 1.28. The molecule has 6 heteroatoms. The molecule has 6 nitrogen and oxygen atoms in total. The minimum Gasteiger partial charge on any atom is -0.493 e. The predicted molar refractivity (Wildman–Crippen MR) is 89.9 cm³/mol. The van der Waals surface area contributed by atoms with Crippen LogP contribution in [-0.4, -0.2) is 38.0 Å². The van der Waals surface area contributed by atoms with E-state index in [1.807, 2.05) is 32.9 Å². The Balaban J connectivity index is 2.39. The highest BCUT2D eigenvalue weighted by Gasteiger charge is 2.21. The lowest BCUT2D eigenvalue weighted by molar-refractivity contribution is 0.0564. The summed E-state index contributed by atoms with van der Waals surface area (Å²) in [7, 11) is 3.15. The van der Waals surface area contributed by atoms with E-state index in [4.69, 9.17) is 9.47 Å². The Hall–Kier alpha value is -1.95. The Kier molecular flexibility index (Phi) is 7.16. The third-order valence-corrected chi connectivity index (χ3v) is 3.60. The quantitative estimate of drug-likeness (QED) is 0.719. The normalized spacial score (nSPS) is 12.4. The SMILES string of the molecule is COc1ccc(CNC(=O)NCCC(O)C(C)(C)C)cc1OC. The van der Waals surface area contributed by atoms with Crippen molar-refractivity contribution < 1.29 is 19.4 Å². The molecule has 0 saturated heterocycles. The zero-order valence-electron chi connectivity index (χ0n) is 14.6. The van der Waals surface area contributed by atoms with Crippen LogP contribution in [0.25, 0.3) is 0 Å². The van der Waals surface area contributed by atoms with Gasteiger partial charge in [-0.1, -0.05) is 26.8 Å². The van der Waals surface area contributed by atoms with E-state index in [2.05, 4.69) is 10.6 Å². The lowest BCUT2D eigenvalue weighted by atomic mass is 9.87. The highest BCUT2D eigenvalue weighted by molar-refractivity contribution is 5.73. The summed E-state index contributed by atoms with van der Waals surface area (Å²) in [5, 5.41) is 15.4. The van der Waals surface area contributed by atoms with Crippen molar-refractivity contribution in [1.29, 1.82) is 0 Å². The van der Waals surface area contributed by atoms with Gasteiger partial charge in [-0.3, -0.25) is 0 Å². The topological polar surface area (TPSA) is 79.8 Å². The van der Waals surface area contributed by atoms with E-state index in [1.54, 1.807) is 20.3 Å². The molecule has 0 saturated carbocycles. The van der Waals surface area contributed by atoms with Gasteiger partial charge in [0.25, 0.3) is 0 Å². The van der Waals surface area contributed by atoms with E-state index in [1.165, 1.54) is 0 Å². The molecule has 0 heterocycles. The summed E-state index contributed by atoms with van der Waals surface area (Å²) in [4.78, 5) is 11.8. The van der Waals surface area contributed by atoms with E-state index in [-0.39, 0.29) is 11.4 Å². The number of benzene rings is 1. The van der Waals surface area contributed by atoms with Gasteiger partial charge in [0.1, 0.15) is 0 Å². The van der Waals surface area contributed by atoms with Crippen molar-refractivity contribution in [3.63, 3.8) is 0 Å². The van der Waals surface area contributed by atoms with Gasteiger partial charge in [0.2, 0.25) is 0 Å². The maximum Gasteiger partial charge on any atom is 0.315 e. The third-order valence-electron chi connectivity index (χ3n) is 3.60. The van der Waals surface area contributed by atoms with E-state index >= 15 is 0 Å². The van der Waals surface area contributed by atoms with Crippen molar-refractivity contribution in [2.45, 2.75) is 39.8 Å². The monoisotopic (exact) mass is 324 g/mol. The van der Waals surface area contributed by atoms with Gasteiger partial charge >= 0.3 is 6.03 Å². The molecular formula is C17H28N2O4. The number of methoxy groups -OCH3 is 2. The van der Waals surface area contributed by atoms with Crippen LogP contribution in [0.1, 0.15) is 32.8 Å². The second-order valence-electron chi connectivity index (χ2n) is 6.47. The second kappa shape index (κ2) is 8.62. The van der Waals surface area contributed by atoms with E-state index in [0.29, 0.717) is 31.0 Å². The lowest BCUT2D eigenvalue weighted by Gasteiger charge is -2.25. The van der Waals surface area contributed by atoms with Crippen LogP contribution in [0.5, 0.6) is 11.5 Å². The van der Waals surface area contributed by atoms with Crippen LogP contribution in [0.3, 0.4) is 0 Å². The zero-order valence-corrected chi connectivity index (χ0v) is 14.6. The number of ether oxygens (including phenoxy) is 2. The van der Waals surface area contributed by atoms with Gasteiger partial charge in [0, 0.05) is 13.1 Å². The Morgan fingerprint density at radius 2 is 1.83 bits per heavy atom. The average Bonchev–Trinajstić information content (AvgIpc) is 2.51. The summed E-state index contributed by atoms with van der Waals surface area (Å²) in [6.45, 7) is 6.71. The Morgan fingerprint density at radius 1 is 1.17 bits per heavy atom. The Labute approximate surface area is 138 Å². The minimum absolute atomic E-state index is 0.183. The van der Waals surface area contributed by atoms with Gasteiger partial charge < -0.3 is 25.2 Å². The van der Waals surface area contributed by atoms with Gasteiger partial charge in [-0.15, -0.1) is 0 Å². The lowest BCUT2D eigenvalue weighted by Crippen LogP contribution is -2.38. The largest absolute Gasteiger partial charge is 0.493 e. The molecule has 0 aliphatic heterocycles. The molecule has 1 aromatic carbocycles. The molecule has 1 aromatic rings. The van der Waals surface area contributed by atoms with E-state index < -0.39 is 6.10 Å². The van der Waals surface area contributed by atoms with Crippen LogP contribution in [0.15, 0.2) is 18.2 Å². The molecule has 0 fully saturated rings. The number of nitrogens with one attached hydrogen (secondary N) is 2. The van der Waals surface area contributed by atoms with Crippen molar-refractivity contribution >= 4 is 6.03 Å². The molecule has 0 spiro atoms. The summed E-state index contributed by atoms with van der Waals surface area (Å²) in [5.41, 5.74) is 0.727. The van der Waals surface area contributed by atoms with Crippen molar-refractivity contribution in [2.75, 3.05) is 20.8 Å². The molecule has 2 amide bonds. The number of aliphatic hydroxyl groups excluding tert-OH is 1. The van der Waals surface area contributed by atoms with Gasteiger partial charge in [0.15, 0.2) is 11.5 Å². The minimum atomic E-state index is -0.450. The maximum atomic E-state index is 11.8. The standard InChI is InChI=1S/C17H28N2O4/c1-17(2,3)15(20)8-9-18-16(21)19-11-12-6-7-13(22-4)14(10-12)23-5/h6-7,10,15,20H,8-9,11H2,1-5H3,(H2,18,19,21). The zero-order chi connectivity index (χ0) is 17.5. The fourth-order valence-corrected chi connectivity index (χ4v) is 1.99. The Bertz CT molecular complexity index is 512. The first-order valence-electron chi connectivity index (χ1n) is 7.68. The molecule has 1 unspecified atom stereocenters. The highest BCUT2D eigenvalue weighted by atomic mass is 16.5. The highest BCUT2D eigenvalue weighted by Crippen LogP contribution is 2.27. The van der Waals surface area contributed by atoms with Crippen molar-refractivity contribution in [3.8, 4) is 11.5 Å². The van der Waals surface area contributed by atoms with Gasteiger partial charge in [-0.2, -0.15) is 0 Å². The molecule has 0 aliphatic rings. The summed E-state index contributed by atoms with van der Waals surface area (Å²) >= 11 is 0. The van der Waals surface area contributed by atoms with Crippen molar-refractivity contribution in [2.24, 2.45) is 5.41 Å². The maximum absolute atomic E-state index is 11.8. The number of hydrogen-bond donors (Lipinski definition) is 3. The second-order valence-corrected chi connectivity index (χ2v) is 6.47. The third kappa shape index (κ3) is 6.36. The number of carbonyl (C=O) groups is 1. The molecule has 130 valence electrons. The van der Waals surface area contributed by atoms with Crippen LogP contribution < -0.4 is 20.1 Å². The number of rotatable bonds is 7. The van der Waals surface area contributed by atoms with Gasteiger partial charge in [-0.05, 0) is 29.5 Å². The summed E-state index contributed by atoms with van der Waals surface area (Å²) in [6, 6.07) is 5.22. The van der Waals surface area contributed by atoms with E-state index in [9.17, 15) is 9.90 Å². The van der Waals surface area contributed by atoms with Crippen LogP contribution in [-0.2, 0) is 6.54 Å². The molecular weight excluding hydrogens is 296 g/mol. The molecule has 0 radical (unpaired) electrons. The average molecular weight is 324 g/mol. The van der Waals surface area contributed by atoms with Crippen LogP contribution in [0, 0.1) is 5.41 Å². The summed E-state index contributed by atoms with van der Waals surface area (Å²) < 4.78 is 10.4. The first kappa shape index (κ1) is 19.1. The Morgan fingerprint density at radius 3 is 2.39 bits per heavy atom. The molecule has 0 aromatic heterocycles. The molecule has 1 atom stereocenters. The molecule has 1 rings (SSSR count). The van der Waals surface area contributed by atoms with Crippen LogP contribution in [0.4, 0.5) is 4.79 Å². The fourth-order valence-electron chi connectivity index (χ4n) is 1.99. The van der Waals surface area contributed by atoms with Crippen LogP contribution >= 0.6 is 0 Å². The molecule has 0 aliphatic carbocycles. The molecule has 0 bridgehead atoms. The van der Waals surface area contributed by atoms with Crippen LogP contribution in [0.2, 0.25) is 0 Å². The number of urea groups is 1. The fraction of sp³-hybridized carbons (Fsp3) is 0.588. The van der Waals surface area contributed by atoms with Crippen molar-refractivity contribution in [3.05, 3.63) is 23.8 Å². The molecule has 23 heavy (non-hydrogen) atoms. The first-order chi connectivity index (χ1) is 10.8. The molecule has 3 N–H and O–H groups in total. The number of carbonyl (C=O) groups excluding carboxylic acids is 1. The number of aliphatic hydroxyl groups is 1. The summed E-state index contributed by atoms with van der Waals surface area (Å²) in [6.07, 6.45) is 0.0708. The smallest absolute Gasteiger partial charge is 0.315 e. The predicted octanol–water partition coefficient (Wildman–Crippen LogP) is 2.30. The number of hydrogen-bond acceptors (Lipinski definition) is 4. The number of amides is 2. The first-order valence-corrected chi connectivity index (χ1v) is 7.68. The van der Waals surface area contributed by atoms with Gasteiger partial charge in [-0.25, -0.2) is 4.79 Å². The van der Waals surface area contributed by atoms with Crippen molar-refractivity contribution in [1.82, 2.24) is 10.6 Å². The van der Waals surface area contributed by atoms with E-state index in [0.717, 1.165) is 5.56 Å².